The average Bonchev–Trinajstić information content (AvgIpc) is 2.26. The molecule has 0 heterocycles. The molecule has 0 bridgehead atoms. The maximum Gasteiger partial charge on any atom is 0.163 e. The fourth-order valence-electron chi connectivity index (χ4n) is 1.34. The number of hydrogen-bond donors (Lipinski definition) is 2. The Hall–Kier alpha value is -1.30. The van der Waals surface area contributed by atoms with Crippen LogP contribution in [-0.4, -0.2) is 17.2 Å². The van der Waals surface area contributed by atoms with Crippen LogP contribution in [0.15, 0.2) is 30.3 Å². The van der Waals surface area contributed by atoms with Crippen LogP contribution >= 0.6 is 0 Å². The first-order valence-corrected chi connectivity index (χ1v) is 5.38. The summed E-state index contributed by atoms with van der Waals surface area (Å²) >= 11 is 0. The molecule has 0 aliphatic heterocycles. The Kier molecular flexibility index (Phi) is 3.74. The zero-order valence-corrected chi connectivity index (χ0v) is 10.1. The van der Waals surface area contributed by atoms with Crippen molar-refractivity contribution in [3.05, 3.63) is 35.9 Å². The summed E-state index contributed by atoms with van der Waals surface area (Å²) < 4.78 is 0. The zero-order chi connectivity index (χ0) is 12.2. The van der Waals surface area contributed by atoms with Crippen molar-refractivity contribution in [3.63, 3.8) is 0 Å². The van der Waals surface area contributed by atoms with Crippen molar-refractivity contribution >= 4 is 0 Å². The number of hydrogen-bond acceptors (Lipinski definition) is 2. The lowest BCUT2D eigenvalue weighted by Gasteiger charge is -2.28. The number of benzene rings is 1. The predicted molar refractivity (Wildman–Crippen MR) is 66.9 cm³/mol. The van der Waals surface area contributed by atoms with Gasteiger partial charge in [-0.15, -0.1) is 6.42 Å². The van der Waals surface area contributed by atoms with Crippen LogP contribution in [0.3, 0.4) is 0 Å². The van der Waals surface area contributed by atoms with Crippen molar-refractivity contribution in [3.8, 4) is 12.3 Å². The van der Waals surface area contributed by atoms with Gasteiger partial charge in [-0.2, -0.15) is 0 Å². The molecule has 1 rings (SSSR count). The van der Waals surface area contributed by atoms with E-state index in [1.54, 1.807) is 0 Å². The first-order chi connectivity index (χ1) is 7.37. The molecule has 0 radical (unpaired) electrons. The van der Waals surface area contributed by atoms with E-state index in [0.29, 0.717) is 6.54 Å². The molecular formula is C14H19NO. The van der Waals surface area contributed by atoms with E-state index in [9.17, 15) is 5.11 Å². The van der Waals surface area contributed by atoms with Crippen molar-refractivity contribution in [2.24, 2.45) is 0 Å². The first kappa shape index (κ1) is 12.8. The Balaban J connectivity index is 2.84. The molecule has 1 aromatic rings. The number of rotatable bonds is 3. The molecule has 2 nitrogen and oxygen atoms in total. The van der Waals surface area contributed by atoms with Crippen molar-refractivity contribution in [2.75, 3.05) is 6.54 Å². The van der Waals surface area contributed by atoms with E-state index in [-0.39, 0.29) is 5.54 Å². The van der Waals surface area contributed by atoms with E-state index in [1.165, 1.54) is 0 Å². The van der Waals surface area contributed by atoms with Crippen molar-refractivity contribution in [1.29, 1.82) is 0 Å². The summed E-state index contributed by atoms with van der Waals surface area (Å²) in [7, 11) is 0. The van der Waals surface area contributed by atoms with E-state index in [1.807, 2.05) is 51.1 Å². The number of nitrogens with one attached hydrogen (secondary N) is 1. The van der Waals surface area contributed by atoms with Gasteiger partial charge in [0.2, 0.25) is 0 Å². The van der Waals surface area contributed by atoms with Gasteiger partial charge in [0.15, 0.2) is 5.60 Å². The Morgan fingerprint density at radius 1 is 1.25 bits per heavy atom. The highest BCUT2D eigenvalue weighted by atomic mass is 16.3. The molecule has 16 heavy (non-hydrogen) atoms. The minimum absolute atomic E-state index is 0.0698. The van der Waals surface area contributed by atoms with Crippen LogP contribution in [0.25, 0.3) is 0 Å². The normalized spacial score (nSPS) is 15.2. The van der Waals surface area contributed by atoms with Gasteiger partial charge >= 0.3 is 0 Å². The lowest BCUT2D eigenvalue weighted by atomic mass is 9.93. The monoisotopic (exact) mass is 217 g/mol. The molecule has 1 aromatic carbocycles. The molecule has 0 spiro atoms. The molecule has 1 atom stereocenters. The third-order valence-corrected chi connectivity index (χ3v) is 2.36. The van der Waals surface area contributed by atoms with Crippen molar-refractivity contribution < 1.29 is 5.11 Å². The smallest absolute Gasteiger partial charge is 0.163 e. The highest BCUT2D eigenvalue weighted by Crippen LogP contribution is 2.19. The second kappa shape index (κ2) is 4.69. The number of terminal acetylenes is 1. The molecule has 0 amide bonds. The van der Waals surface area contributed by atoms with Gasteiger partial charge in [0.25, 0.3) is 0 Å². The Labute approximate surface area is 97.7 Å². The van der Waals surface area contributed by atoms with Gasteiger partial charge in [0.05, 0.1) is 0 Å². The largest absolute Gasteiger partial charge is 0.372 e. The quantitative estimate of drug-likeness (QED) is 0.758. The van der Waals surface area contributed by atoms with E-state index in [2.05, 4.69) is 11.2 Å². The zero-order valence-electron chi connectivity index (χ0n) is 10.1. The van der Waals surface area contributed by atoms with Crippen LogP contribution in [0.2, 0.25) is 0 Å². The van der Waals surface area contributed by atoms with Crippen LogP contribution in [0.4, 0.5) is 0 Å². The van der Waals surface area contributed by atoms with E-state index >= 15 is 0 Å². The Morgan fingerprint density at radius 3 is 2.25 bits per heavy atom. The fourth-order valence-corrected chi connectivity index (χ4v) is 1.34. The summed E-state index contributed by atoms with van der Waals surface area (Å²) in [6.45, 7) is 6.45. The molecule has 0 aromatic heterocycles. The highest BCUT2D eigenvalue weighted by Gasteiger charge is 2.27. The first-order valence-electron chi connectivity index (χ1n) is 5.38. The van der Waals surface area contributed by atoms with Crippen LogP contribution in [0.5, 0.6) is 0 Å². The van der Waals surface area contributed by atoms with Gasteiger partial charge in [-0.1, -0.05) is 36.3 Å². The highest BCUT2D eigenvalue weighted by molar-refractivity contribution is 5.30. The third kappa shape index (κ3) is 3.37. The molecule has 2 heteroatoms. The second-order valence-corrected chi connectivity index (χ2v) is 4.97. The minimum atomic E-state index is -1.24. The second-order valence-electron chi connectivity index (χ2n) is 4.97. The summed E-state index contributed by atoms with van der Waals surface area (Å²) in [5, 5.41) is 13.6. The van der Waals surface area contributed by atoms with Crippen LogP contribution in [0.1, 0.15) is 26.3 Å². The molecule has 0 saturated heterocycles. The van der Waals surface area contributed by atoms with Gasteiger partial charge in [0.1, 0.15) is 0 Å². The van der Waals surface area contributed by atoms with Crippen LogP contribution in [-0.2, 0) is 5.60 Å². The SMILES string of the molecule is C#CC(O)(CNC(C)(C)C)c1ccccc1. The van der Waals surface area contributed by atoms with Gasteiger partial charge in [-0.25, -0.2) is 0 Å². The van der Waals surface area contributed by atoms with Gasteiger partial charge < -0.3 is 10.4 Å². The van der Waals surface area contributed by atoms with E-state index < -0.39 is 5.60 Å². The van der Waals surface area contributed by atoms with Crippen LogP contribution < -0.4 is 5.32 Å². The maximum atomic E-state index is 10.4. The molecule has 0 fully saturated rings. The summed E-state index contributed by atoms with van der Waals surface area (Å²) in [6.07, 6.45) is 5.43. The van der Waals surface area contributed by atoms with E-state index in [4.69, 9.17) is 6.42 Å². The summed E-state index contributed by atoms with van der Waals surface area (Å²) in [5.74, 6) is 2.46. The number of aliphatic hydroxyl groups is 1. The summed E-state index contributed by atoms with van der Waals surface area (Å²) in [5.41, 5.74) is -0.567. The summed E-state index contributed by atoms with van der Waals surface area (Å²) in [6, 6.07) is 9.31. The Morgan fingerprint density at radius 2 is 1.81 bits per heavy atom. The number of β-amino-alcohol motifs (C(OH)–C–C–N with tert-alkyl or cyclic N) is 1. The van der Waals surface area contributed by atoms with Crippen molar-refractivity contribution in [1.82, 2.24) is 5.32 Å². The van der Waals surface area contributed by atoms with Gasteiger partial charge in [0, 0.05) is 12.1 Å². The lowest BCUT2D eigenvalue weighted by Crippen LogP contribution is -2.45. The van der Waals surface area contributed by atoms with Crippen LogP contribution in [0, 0.1) is 12.3 Å². The maximum absolute atomic E-state index is 10.4. The molecule has 86 valence electrons. The summed E-state index contributed by atoms with van der Waals surface area (Å²) in [4.78, 5) is 0. The standard InChI is InChI=1S/C14H19NO/c1-5-14(16,11-15-13(2,3)4)12-9-7-6-8-10-12/h1,6-10,15-16H,11H2,2-4H3. The minimum Gasteiger partial charge on any atom is -0.372 e. The molecule has 0 aliphatic carbocycles. The lowest BCUT2D eigenvalue weighted by molar-refractivity contribution is 0.0909. The van der Waals surface area contributed by atoms with Gasteiger partial charge in [-0.05, 0) is 26.3 Å². The molecule has 2 N–H and O–H groups in total. The predicted octanol–water partition coefficient (Wildman–Crippen LogP) is 1.90. The third-order valence-electron chi connectivity index (χ3n) is 2.36. The Bertz CT molecular complexity index is 372. The molecule has 1 unspecified atom stereocenters. The molecule has 0 saturated carbocycles. The topological polar surface area (TPSA) is 32.3 Å². The van der Waals surface area contributed by atoms with Crippen molar-refractivity contribution in [2.45, 2.75) is 31.9 Å². The average molecular weight is 217 g/mol. The van der Waals surface area contributed by atoms with E-state index in [0.717, 1.165) is 5.56 Å². The fraction of sp³-hybridized carbons (Fsp3) is 0.429. The molecular weight excluding hydrogens is 198 g/mol. The van der Waals surface area contributed by atoms with Gasteiger partial charge in [-0.3, -0.25) is 0 Å². The molecule has 0 aliphatic rings.